The average Bonchev–Trinajstić information content (AvgIpc) is 3.35. The van der Waals surface area contributed by atoms with E-state index in [2.05, 4.69) is 40.7 Å². The van der Waals surface area contributed by atoms with E-state index >= 15 is 0 Å². The van der Waals surface area contributed by atoms with Gasteiger partial charge in [0.05, 0.1) is 23.6 Å². The third kappa shape index (κ3) is 10.4. The van der Waals surface area contributed by atoms with Crippen molar-refractivity contribution in [3.05, 3.63) is 81.7 Å². The highest BCUT2D eigenvalue weighted by molar-refractivity contribution is 7.15. The fourth-order valence-corrected chi connectivity index (χ4v) is 4.52. The van der Waals surface area contributed by atoms with E-state index in [1.165, 1.54) is 29.7 Å². The molecule has 0 aliphatic carbocycles. The highest BCUT2D eigenvalue weighted by Gasteiger charge is 2.31. The van der Waals surface area contributed by atoms with E-state index in [1.807, 2.05) is 0 Å². The van der Waals surface area contributed by atoms with Crippen molar-refractivity contribution in [2.75, 3.05) is 10.6 Å². The van der Waals surface area contributed by atoms with Crippen molar-refractivity contribution in [3.8, 4) is 5.75 Å². The van der Waals surface area contributed by atoms with Gasteiger partial charge in [-0.1, -0.05) is 35.1 Å². The molecule has 4 aromatic rings. The number of benzene rings is 1. The van der Waals surface area contributed by atoms with Gasteiger partial charge in [0.25, 0.3) is 0 Å². The van der Waals surface area contributed by atoms with E-state index < -0.39 is 18.0 Å². The Morgan fingerprint density at radius 2 is 1.66 bits per heavy atom. The second-order valence-corrected chi connectivity index (χ2v) is 10.2. The second kappa shape index (κ2) is 13.9. The van der Waals surface area contributed by atoms with Crippen LogP contribution < -0.4 is 15.4 Å². The quantitative estimate of drug-likeness (QED) is 0.211. The van der Waals surface area contributed by atoms with Crippen LogP contribution in [-0.4, -0.2) is 43.6 Å². The predicted octanol–water partition coefficient (Wildman–Crippen LogP) is 5.20. The molecule has 10 nitrogen and oxygen atoms in total. The first-order valence-electron chi connectivity index (χ1n) is 12.3. The number of hydrogen-bond acceptors (Lipinski definition) is 9. The molecule has 3 aromatic heterocycles. The molecule has 41 heavy (non-hydrogen) atoms. The molecule has 3 heterocycles. The van der Waals surface area contributed by atoms with Crippen LogP contribution in [0.3, 0.4) is 0 Å². The van der Waals surface area contributed by atoms with Crippen LogP contribution in [0.1, 0.15) is 34.8 Å². The van der Waals surface area contributed by atoms with E-state index in [4.69, 9.17) is 11.6 Å². The SMILES string of the molecule is O=C(Cc1cccc(OC(F)(F)F)c1)Nc1ccc(CCCCc2nnc(NC(=O)Cc3ccc(Cl)cn3)s2)nn1. The van der Waals surface area contributed by atoms with Crippen molar-refractivity contribution in [2.45, 2.75) is 44.9 Å². The first-order valence-corrected chi connectivity index (χ1v) is 13.5. The minimum Gasteiger partial charge on any atom is -0.406 e. The average molecular weight is 606 g/mol. The Kier molecular flexibility index (Phi) is 10.1. The summed E-state index contributed by atoms with van der Waals surface area (Å²) in [4.78, 5) is 28.6. The minimum absolute atomic E-state index is 0.101. The molecule has 0 radical (unpaired) electrons. The van der Waals surface area contributed by atoms with Crippen LogP contribution in [0.5, 0.6) is 5.75 Å². The molecular weight excluding hydrogens is 583 g/mol. The molecule has 0 aliphatic heterocycles. The molecule has 0 spiro atoms. The summed E-state index contributed by atoms with van der Waals surface area (Å²) in [5.41, 5.74) is 1.69. The van der Waals surface area contributed by atoms with Gasteiger partial charge < -0.3 is 15.4 Å². The molecule has 0 fully saturated rings. The van der Waals surface area contributed by atoms with Gasteiger partial charge in [-0.15, -0.1) is 28.5 Å². The van der Waals surface area contributed by atoms with Crippen LogP contribution >= 0.6 is 22.9 Å². The van der Waals surface area contributed by atoms with E-state index in [0.29, 0.717) is 34.3 Å². The Bertz CT molecular complexity index is 1470. The molecule has 2 amide bonds. The summed E-state index contributed by atoms with van der Waals surface area (Å²) in [5, 5.41) is 23.3. The number of aromatic nitrogens is 5. The highest BCUT2D eigenvalue weighted by atomic mass is 35.5. The van der Waals surface area contributed by atoms with Gasteiger partial charge in [0.1, 0.15) is 10.8 Å². The Labute approximate surface area is 241 Å². The van der Waals surface area contributed by atoms with Crippen molar-refractivity contribution < 1.29 is 27.5 Å². The fraction of sp³-hybridized carbons (Fsp3) is 0.269. The summed E-state index contributed by atoms with van der Waals surface area (Å²) in [5.74, 6) is -0.860. The number of ether oxygens (including phenoxy) is 1. The van der Waals surface area contributed by atoms with E-state index in [1.54, 1.807) is 24.3 Å². The molecule has 4 rings (SSSR count). The monoisotopic (exact) mass is 605 g/mol. The molecular formula is C26H23ClF3N7O3S. The van der Waals surface area contributed by atoms with Crippen molar-refractivity contribution >= 4 is 45.7 Å². The van der Waals surface area contributed by atoms with Gasteiger partial charge in [0.2, 0.25) is 16.9 Å². The van der Waals surface area contributed by atoms with E-state index in [0.717, 1.165) is 35.7 Å². The maximum atomic E-state index is 12.4. The number of aryl methyl sites for hydroxylation is 2. The molecule has 15 heteroatoms. The van der Waals surface area contributed by atoms with Crippen molar-refractivity contribution in [3.63, 3.8) is 0 Å². The normalized spacial score (nSPS) is 11.2. The van der Waals surface area contributed by atoms with Crippen LogP contribution in [-0.2, 0) is 35.3 Å². The number of nitrogens with one attached hydrogen (secondary N) is 2. The van der Waals surface area contributed by atoms with Crippen molar-refractivity contribution in [1.29, 1.82) is 0 Å². The number of unbranched alkanes of at least 4 members (excludes halogenated alkanes) is 1. The minimum atomic E-state index is -4.81. The van der Waals surface area contributed by atoms with Crippen molar-refractivity contribution in [1.82, 2.24) is 25.4 Å². The van der Waals surface area contributed by atoms with Gasteiger partial charge in [-0.05, 0) is 61.2 Å². The van der Waals surface area contributed by atoms with Gasteiger partial charge in [0.15, 0.2) is 5.82 Å². The predicted molar refractivity (Wildman–Crippen MR) is 146 cm³/mol. The van der Waals surface area contributed by atoms with Gasteiger partial charge in [-0.2, -0.15) is 5.10 Å². The Morgan fingerprint density at radius 3 is 2.39 bits per heavy atom. The number of carbonyl (C=O) groups is 2. The zero-order chi connectivity index (χ0) is 29.2. The van der Waals surface area contributed by atoms with Gasteiger partial charge in [-0.25, -0.2) is 0 Å². The fourth-order valence-electron chi connectivity index (χ4n) is 3.61. The lowest BCUT2D eigenvalue weighted by Gasteiger charge is -2.10. The maximum absolute atomic E-state index is 12.4. The summed E-state index contributed by atoms with van der Waals surface area (Å²) in [6.45, 7) is 0. The Balaban J connectivity index is 1.15. The summed E-state index contributed by atoms with van der Waals surface area (Å²) in [6, 6.07) is 11.9. The number of anilines is 2. The summed E-state index contributed by atoms with van der Waals surface area (Å²) in [6.07, 6.45) is -0.421. The third-order valence-corrected chi connectivity index (χ3v) is 6.52. The van der Waals surface area contributed by atoms with E-state index in [-0.39, 0.29) is 24.6 Å². The number of pyridine rings is 1. The van der Waals surface area contributed by atoms with Crippen LogP contribution in [0.2, 0.25) is 5.02 Å². The highest BCUT2D eigenvalue weighted by Crippen LogP contribution is 2.24. The summed E-state index contributed by atoms with van der Waals surface area (Å²) < 4.78 is 41.1. The first kappa shape index (κ1) is 29.8. The third-order valence-electron chi connectivity index (χ3n) is 5.40. The van der Waals surface area contributed by atoms with Crippen LogP contribution in [0.25, 0.3) is 0 Å². The second-order valence-electron chi connectivity index (χ2n) is 8.73. The molecule has 0 saturated carbocycles. The number of hydrogen-bond donors (Lipinski definition) is 2. The summed E-state index contributed by atoms with van der Waals surface area (Å²) in [7, 11) is 0. The van der Waals surface area contributed by atoms with Gasteiger partial charge >= 0.3 is 6.36 Å². The first-order chi connectivity index (χ1) is 19.6. The molecule has 0 atom stereocenters. The number of amides is 2. The zero-order valence-electron chi connectivity index (χ0n) is 21.3. The van der Waals surface area contributed by atoms with E-state index in [9.17, 15) is 22.8 Å². The lowest BCUT2D eigenvalue weighted by atomic mass is 10.1. The maximum Gasteiger partial charge on any atom is 0.573 e. The van der Waals surface area contributed by atoms with Crippen LogP contribution in [0.4, 0.5) is 24.1 Å². The Morgan fingerprint density at radius 1 is 0.878 bits per heavy atom. The lowest BCUT2D eigenvalue weighted by molar-refractivity contribution is -0.274. The molecule has 1 aromatic carbocycles. The molecule has 0 unspecified atom stereocenters. The molecule has 214 valence electrons. The molecule has 0 bridgehead atoms. The van der Waals surface area contributed by atoms with Gasteiger partial charge in [0, 0.05) is 18.3 Å². The molecule has 0 aliphatic rings. The van der Waals surface area contributed by atoms with Crippen LogP contribution in [0.15, 0.2) is 54.7 Å². The number of rotatable bonds is 12. The van der Waals surface area contributed by atoms with Gasteiger partial charge in [-0.3, -0.25) is 14.6 Å². The number of nitrogens with zero attached hydrogens (tertiary/aromatic N) is 5. The smallest absolute Gasteiger partial charge is 0.406 e. The molecule has 2 N–H and O–H groups in total. The van der Waals surface area contributed by atoms with Crippen molar-refractivity contribution in [2.24, 2.45) is 0 Å². The lowest BCUT2D eigenvalue weighted by Crippen LogP contribution is -2.18. The number of alkyl halides is 3. The largest absolute Gasteiger partial charge is 0.573 e. The zero-order valence-corrected chi connectivity index (χ0v) is 22.9. The topological polar surface area (TPSA) is 132 Å². The number of halogens is 4. The Hall–Kier alpha value is -4.17. The molecule has 0 saturated heterocycles. The standard InChI is InChI=1S/C26H23ClF3N7O3S/c27-17-8-9-19(31-15-17)14-23(39)33-25-37-36-24(41-25)7-2-1-5-18-10-11-21(35-34-18)32-22(38)13-16-4-3-6-20(12-16)40-26(28,29)30/h3-4,6,8-12,15H,1-2,5,7,13-14H2,(H,32,35,38)(H,33,37,39). The number of carbonyl (C=O) groups excluding carboxylic acids is 2. The van der Waals surface area contributed by atoms with Crippen LogP contribution in [0, 0.1) is 0 Å². The summed E-state index contributed by atoms with van der Waals surface area (Å²) >= 11 is 7.11.